The summed E-state index contributed by atoms with van der Waals surface area (Å²) in [5.41, 5.74) is 3.91. The van der Waals surface area contributed by atoms with Crippen molar-refractivity contribution in [1.82, 2.24) is 4.90 Å². The lowest BCUT2D eigenvalue weighted by molar-refractivity contribution is -0.134. The van der Waals surface area contributed by atoms with E-state index >= 15 is 0 Å². The van der Waals surface area contributed by atoms with E-state index < -0.39 is 5.97 Å². The molecule has 0 bridgehead atoms. The molecule has 0 N–H and O–H groups in total. The van der Waals surface area contributed by atoms with Crippen molar-refractivity contribution in [2.75, 3.05) is 27.4 Å². The van der Waals surface area contributed by atoms with Gasteiger partial charge >= 0.3 is 5.97 Å². The SMILES string of the molecule is CCN(Cc1ccc(OC)c(OC)c1)C(=O)COC(=O)c1ccc2c(c1)CCC2. The van der Waals surface area contributed by atoms with Crippen LogP contribution < -0.4 is 9.47 Å². The largest absolute Gasteiger partial charge is 0.493 e. The van der Waals surface area contributed by atoms with Gasteiger partial charge in [0.25, 0.3) is 5.91 Å². The van der Waals surface area contributed by atoms with Gasteiger partial charge in [0.05, 0.1) is 19.8 Å². The molecule has 0 saturated carbocycles. The van der Waals surface area contributed by atoms with Gasteiger partial charge in [0.15, 0.2) is 18.1 Å². The van der Waals surface area contributed by atoms with Crippen molar-refractivity contribution >= 4 is 11.9 Å². The monoisotopic (exact) mass is 397 g/mol. The molecule has 3 rings (SSSR count). The molecule has 0 saturated heterocycles. The van der Waals surface area contributed by atoms with Crippen LogP contribution in [0.5, 0.6) is 11.5 Å². The number of hydrogen-bond donors (Lipinski definition) is 0. The predicted molar refractivity (Wildman–Crippen MR) is 109 cm³/mol. The van der Waals surface area contributed by atoms with Gasteiger partial charge in [-0.05, 0) is 67.1 Å². The first-order chi connectivity index (χ1) is 14.0. The van der Waals surface area contributed by atoms with Crippen LogP contribution in [0.25, 0.3) is 0 Å². The number of hydrogen-bond acceptors (Lipinski definition) is 5. The summed E-state index contributed by atoms with van der Waals surface area (Å²) in [6.45, 7) is 2.51. The number of methoxy groups -OCH3 is 2. The Bertz CT molecular complexity index is 893. The quantitative estimate of drug-likeness (QED) is 0.639. The first kappa shape index (κ1) is 20.7. The summed E-state index contributed by atoms with van der Waals surface area (Å²) in [6.07, 6.45) is 3.17. The van der Waals surface area contributed by atoms with Gasteiger partial charge in [-0.3, -0.25) is 4.79 Å². The van der Waals surface area contributed by atoms with Gasteiger partial charge in [-0.1, -0.05) is 12.1 Å². The molecule has 6 nitrogen and oxygen atoms in total. The summed E-state index contributed by atoms with van der Waals surface area (Å²) in [4.78, 5) is 26.6. The minimum atomic E-state index is -0.463. The Morgan fingerprint density at radius 2 is 1.72 bits per heavy atom. The molecule has 0 spiro atoms. The Hall–Kier alpha value is -3.02. The second-order valence-electron chi connectivity index (χ2n) is 7.01. The van der Waals surface area contributed by atoms with Crippen molar-refractivity contribution in [1.29, 1.82) is 0 Å². The highest BCUT2D eigenvalue weighted by Crippen LogP contribution is 2.28. The summed E-state index contributed by atoms with van der Waals surface area (Å²) in [5, 5.41) is 0. The first-order valence-electron chi connectivity index (χ1n) is 9.83. The maximum atomic E-state index is 12.6. The van der Waals surface area contributed by atoms with Crippen LogP contribution in [0.2, 0.25) is 0 Å². The molecule has 2 aromatic carbocycles. The second-order valence-corrected chi connectivity index (χ2v) is 7.01. The van der Waals surface area contributed by atoms with Crippen molar-refractivity contribution in [3.05, 3.63) is 58.7 Å². The van der Waals surface area contributed by atoms with Crippen LogP contribution in [-0.2, 0) is 28.9 Å². The third-order valence-electron chi connectivity index (χ3n) is 5.22. The number of aryl methyl sites for hydroxylation is 2. The fourth-order valence-corrected chi connectivity index (χ4v) is 3.58. The zero-order valence-corrected chi connectivity index (χ0v) is 17.2. The number of fused-ring (bicyclic) bond motifs is 1. The molecule has 1 aliphatic carbocycles. The van der Waals surface area contributed by atoms with Crippen LogP contribution in [-0.4, -0.2) is 44.1 Å². The van der Waals surface area contributed by atoms with Crippen LogP contribution in [0.15, 0.2) is 36.4 Å². The van der Waals surface area contributed by atoms with Crippen LogP contribution in [0.1, 0.15) is 40.4 Å². The van der Waals surface area contributed by atoms with Crippen LogP contribution in [0.3, 0.4) is 0 Å². The van der Waals surface area contributed by atoms with Crippen molar-refractivity contribution in [3.8, 4) is 11.5 Å². The number of rotatable bonds is 8. The van der Waals surface area contributed by atoms with Crippen LogP contribution in [0.4, 0.5) is 0 Å². The first-order valence-corrected chi connectivity index (χ1v) is 9.83. The van der Waals surface area contributed by atoms with E-state index in [1.807, 2.05) is 31.2 Å². The van der Waals surface area contributed by atoms with E-state index in [4.69, 9.17) is 14.2 Å². The van der Waals surface area contributed by atoms with E-state index in [1.165, 1.54) is 11.1 Å². The normalized spacial score (nSPS) is 12.2. The van der Waals surface area contributed by atoms with Crippen LogP contribution in [0, 0.1) is 0 Å². The third-order valence-corrected chi connectivity index (χ3v) is 5.22. The number of ether oxygens (including phenoxy) is 3. The molecule has 0 radical (unpaired) electrons. The third kappa shape index (κ3) is 4.88. The lowest BCUT2D eigenvalue weighted by Crippen LogP contribution is -2.34. The number of carbonyl (C=O) groups excluding carboxylic acids is 2. The van der Waals surface area contributed by atoms with Gasteiger partial charge in [-0.2, -0.15) is 0 Å². The minimum Gasteiger partial charge on any atom is -0.493 e. The van der Waals surface area contributed by atoms with Gasteiger partial charge in [-0.15, -0.1) is 0 Å². The molecule has 0 heterocycles. The molecule has 0 unspecified atom stereocenters. The highest BCUT2D eigenvalue weighted by molar-refractivity contribution is 5.91. The molecular formula is C23H27NO5. The van der Waals surface area contributed by atoms with Gasteiger partial charge < -0.3 is 19.1 Å². The molecule has 0 aliphatic heterocycles. The molecule has 154 valence electrons. The van der Waals surface area contributed by atoms with Crippen molar-refractivity contribution in [2.45, 2.75) is 32.7 Å². The molecule has 1 aliphatic rings. The molecule has 2 aromatic rings. The van der Waals surface area contributed by atoms with Gasteiger partial charge in [0.1, 0.15) is 0 Å². The summed E-state index contributed by atoms with van der Waals surface area (Å²) >= 11 is 0. The van der Waals surface area contributed by atoms with Gasteiger partial charge in [0.2, 0.25) is 0 Å². The van der Waals surface area contributed by atoms with Crippen molar-refractivity contribution in [2.24, 2.45) is 0 Å². The average molecular weight is 397 g/mol. The Kier molecular flexibility index (Phi) is 6.75. The molecular weight excluding hydrogens is 370 g/mol. The number of likely N-dealkylation sites (N-methyl/N-ethyl adjacent to an activating group) is 1. The number of nitrogens with zero attached hydrogens (tertiary/aromatic N) is 1. The lowest BCUT2D eigenvalue weighted by atomic mass is 10.1. The Morgan fingerprint density at radius 3 is 2.45 bits per heavy atom. The molecule has 0 atom stereocenters. The summed E-state index contributed by atoms with van der Waals surface area (Å²) in [7, 11) is 3.15. The van der Waals surface area contributed by atoms with E-state index in [0.717, 1.165) is 24.8 Å². The Morgan fingerprint density at radius 1 is 0.966 bits per heavy atom. The zero-order valence-electron chi connectivity index (χ0n) is 17.2. The molecule has 1 amide bonds. The fraction of sp³-hybridized carbons (Fsp3) is 0.391. The topological polar surface area (TPSA) is 65.1 Å². The Labute approximate surface area is 171 Å². The van der Waals surface area contributed by atoms with E-state index in [0.29, 0.717) is 30.2 Å². The smallest absolute Gasteiger partial charge is 0.338 e. The maximum absolute atomic E-state index is 12.6. The fourth-order valence-electron chi connectivity index (χ4n) is 3.58. The predicted octanol–water partition coefficient (Wildman–Crippen LogP) is 3.40. The number of esters is 1. The summed E-state index contributed by atoms with van der Waals surface area (Å²) in [5.74, 6) is 0.539. The summed E-state index contributed by atoms with van der Waals surface area (Å²) in [6, 6.07) is 11.2. The zero-order chi connectivity index (χ0) is 20.8. The molecule has 0 aromatic heterocycles. The molecule has 6 heteroatoms. The van der Waals surface area contributed by atoms with E-state index in [2.05, 4.69) is 0 Å². The highest BCUT2D eigenvalue weighted by atomic mass is 16.5. The number of benzene rings is 2. The van der Waals surface area contributed by atoms with Crippen molar-refractivity contribution in [3.63, 3.8) is 0 Å². The number of carbonyl (C=O) groups is 2. The standard InChI is InChI=1S/C23H27NO5/c1-4-24(14-16-8-11-20(27-2)21(12-16)28-3)22(25)15-29-23(26)19-10-9-17-6-5-7-18(17)13-19/h8-13H,4-7,14-15H2,1-3H3. The molecule has 0 fully saturated rings. The second kappa shape index (κ2) is 9.45. The van der Waals surface area contributed by atoms with E-state index in [1.54, 1.807) is 31.3 Å². The van der Waals surface area contributed by atoms with E-state index in [-0.39, 0.29) is 12.5 Å². The Balaban J connectivity index is 1.59. The van der Waals surface area contributed by atoms with Gasteiger partial charge in [-0.25, -0.2) is 4.79 Å². The average Bonchev–Trinajstić information content (AvgIpc) is 3.23. The number of amides is 1. The van der Waals surface area contributed by atoms with Crippen LogP contribution >= 0.6 is 0 Å². The van der Waals surface area contributed by atoms with E-state index in [9.17, 15) is 9.59 Å². The summed E-state index contributed by atoms with van der Waals surface area (Å²) < 4.78 is 15.8. The minimum absolute atomic E-state index is 0.239. The van der Waals surface area contributed by atoms with Gasteiger partial charge in [0, 0.05) is 13.1 Å². The lowest BCUT2D eigenvalue weighted by Gasteiger charge is -2.21. The molecule has 29 heavy (non-hydrogen) atoms. The highest BCUT2D eigenvalue weighted by Gasteiger charge is 2.18. The maximum Gasteiger partial charge on any atom is 0.338 e. The van der Waals surface area contributed by atoms with Crippen molar-refractivity contribution < 1.29 is 23.8 Å².